The number of hydrogen-bond acceptors (Lipinski definition) is 5. The first-order valence-electron chi connectivity index (χ1n) is 6.73. The molecular formula is C13H28O5. The Bertz CT molecular complexity index is 153. The van der Waals surface area contributed by atoms with Gasteiger partial charge in [0.2, 0.25) is 0 Å². The van der Waals surface area contributed by atoms with Gasteiger partial charge in [-0.1, -0.05) is 26.7 Å². The molecule has 0 aliphatic carbocycles. The van der Waals surface area contributed by atoms with Gasteiger partial charge in [-0.25, -0.2) is 0 Å². The summed E-state index contributed by atoms with van der Waals surface area (Å²) in [4.78, 5) is 0. The van der Waals surface area contributed by atoms with Crippen molar-refractivity contribution in [3.8, 4) is 0 Å². The van der Waals surface area contributed by atoms with Crippen LogP contribution in [0.4, 0.5) is 0 Å². The molecule has 2 fully saturated rings. The number of rotatable bonds is 6. The van der Waals surface area contributed by atoms with Crippen LogP contribution >= 0.6 is 0 Å². The number of aliphatic hydroxyl groups excluding tert-OH is 2. The van der Waals surface area contributed by atoms with Crippen molar-refractivity contribution in [3.05, 3.63) is 0 Å². The van der Waals surface area contributed by atoms with Crippen LogP contribution in [0.5, 0.6) is 0 Å². The number of hydrogen-bond donors (Lipinski definition) is 2. The summed E-state index contributed by atoms with van der Waals surface area (Å²) in [7, 11) is 0. The monoisotopic (exact) mass is 264 g/mol. The summed E-state index contributed by atoms with van der Waals surface area (Å²) in [5.74, 6) is 0. The Hall–Kier alpha value is -0.200. The third-order valence-corrected chi connectivity index (χ3v) is 2.18. The smallest absolute Gasteiger partial charge is 0.104 e. The van der Waals surface area contributed by atoms with Crippen LogP contribution in [0.15, 0.2) is 0 Å². The highest BCUT2D eigenvalue weighted by molar-refractivity contribution is 4.71. The highest BCUT2D eigenvalue weighted by atomic mass is 16.6. The van der Waals surface area contributed by atoms with Gasteiger partial charge < -0.3 is 24.4 Å². The SMILES string of the molecule is C(OCC1CO1)C1CO1.CC(O)CO.CCCC. The van der Waals surface area contributed by atoms with Crippen LogP contribution in [0.2, 0.25) is 0 Å². The van der Waals surface area contributed by atoms with Gasteiger partial charge in [0.1, 0.15) is 12.2 Å². The quantitative estimate of drug-likeness (QED) is 0.699. The Kier molecular flexibility index (Phi) is 11.7. The predicted molar refractivity (Wildman–Crippen MR) is 69.6 cm³/mol. The van der Waals surface area contributed by atoms with Crippen molar-refractivity contribution in [1.29, 1.82) is 0 Å². The van der Waals surface area contributed by atoms with E-state index in [1.165, 1.54) is 19.8 Å². The molecule has 0 aromatic carbocycles. The first kappa shape index (κ1) is 17.8. The minimum atomic E-state index is -0.560. The van der Waals surface area contributed by atoms with Crippen molar-refractivity contribution in [2.45, 2.75) is 51.9 Å². The van der Waals surface area contributed by atoms with Gasteiger partial charge in [-0.2, -0.15) is 0 Å². The molecule has 0 spiro atoms. The van der Waals surface area contributed by atoms with Gasteiger partial charge in [-0.05, 0) is 6.92 Å². The zero-order valence-corrected chi connectivity index (χ0v) is 11.8. The van der Waals surface area contributed by atoms with Crippen LogP contribution < -0.4 is 0 Å². The number of unbranched alkanes of at least 4 members (excludes halogenated alkanes) is 1. The molecule has 0 aromatic rings. The Morgan fingerprint density at radius 2 is 1.44 bits per heavy atom. The van der Waals surface area contributed by atoms with E-state index in [1.807, 2.05) is 0 Å². The van der Waals surface area contributed by atoms with E-state index in [4.69, 9.17) is 24.4 Å². The zero-order chi connectivity index (χ0) is 13.8. The van der Waals surface area contributed by atoms with E-state index in [9.17, 15) is 0 Å². The summed E-state index contributed by atoms with van der Waals surface area (Å²) in [6.07, 6.45) is 2.86. The molecule has 2 aliphatic heterocycles. The fourth-order valence-electron chi connectivity index (χ4n) is 0.659. The Morgan fingerprint density at radius 3 is 1.61 bits per heavy atom. The average Bonchev–Trinajstić information content (AvgIpc) is 3.24. The number of epoxide rings is 2. The molecule has 5 heteroatoms. The highest BCUT2D eigenvalue weighted by Gasteiger charge is 2.26. The van der Waals surface area contributed by atoms with Crippen molar-refractivity contribution >= 4 is 0 Å². The first-order chi connectivity index (χ1) is 8.63. The van der Waals surface area contributed by atoms with Gasteiger partial charge in [-0.3, -0.25) is 0 Å². The molecule has 110 valence electrons. The number of aliphatic hydroxyl groups is 2. The Labute approximate surface area is 110 Å². The average molecular weight is 264 g/mol. The maximum absolute atomic E-state index is 8.11. The molecule has 0 amide bonds. The van der Waals surface area contributed by atoms with E-state index in [0.29, 0.717) is 12.2 Å². The fraction of sp³-hybridized carbons (Fsp3) is 1.00. The van der Waals surface area contributed by atoms with Crippen LogP contribution in [0, 0.1) is 0 Å². The lowest BCUT2D eigenvalue weighted by molar-refractivity contribution is 0.102. The minimum Gasteiger partial charge on any atom is -0.394 e. The summed E-state index contributed by atoms with van der Waals surface area (Å²) in [5, 5.41) is 16.0. The molecule has 2 heterocycles. The van der Waals surface area contributed by atoms with Gasteiger partial charge in [0.05, 0.1) is 39.1 Å². The van der Waals surface area contributed by atoms with Crippen LogP contribution in [-0.2, 0) is 14.2 Å². The standard InChI is InChI=1S/C6H10O3.C4H10.C3H8O2/c1(5-3-8-5)7-2-6-4-9-6;1-3-4-2;1-3(5)2-4/h5-6H,1-4H2;3-4H2,1-2H3;3-5H,2H2,1H3. The van der Waals surface area contributed by atoms with Gasteiger partial charge >= 0.3 is 0 Å². The summed E-state index contributed by atoms with van der Waals surface area (Å²) in [5.41, 5.74) is 0. The topological polar surface area (TPSA) is 74.8 Å². The number of ether oxygens (including phenoxy) is 3. The Balaban J connectivity index is 0.000000278. The van der Waals surface area contributed by atoms with E-state index in [-0.39, 0.29) is 6.61 Å². The summed E-state index contributed by atoms with van der Waals surface area (Å²) >= 11 is 0. The largest absolute Gasteiger partial charge is 0.394 e. The summed E-state index contributed by atoms with van der Waals surface area (Å²) in [6, 6.07) is 0. The fourth-order valence-corrected chi connectivity index (χ4v) is 0.659. The molecule has 2 aliphatic rings. The molecule has 0 radical (unpaired) electrons. The van der Waals surface area contributed by atoms with Crippen molar-refractivity contribution < 1.29 is 24.4 Å². The Morgan fingerprint density at radius 1 is 1.11 bits per heavy atom. The van der Waals surface area contributed by atoms with E-state index in [0.717, 1.165) is 26.4 Å². The molecule has 5 nitrogen and oxygen atoms in total. The van der Waals surface area contributed by atoms with E-state index in [2.05, 4.69) is 13.8 Å². The maximum Gasteiger partial charge on any atom is 0.104 e. The molecule has 2 rings (SSSR count). The lowest BCUT2D eigenvalue weighted by Gasteiger charge is -1.95. The lowest BCUT2D eigenvalue weighted by atomic mass is 10.4. The molecule has 0 aromatic heterocycles. The molecule has 0 saturated carbocycles. The van der Waals surface area contributed by atoms with Crippen molar-refractivity contribution in [2.24, 2.45) is 0 Å². The lowest BCUT2D eigenvalue weighted by Crippen LogP contribution is -2.06. The van der Waals surface area contributed by atoms with Crippen LogP contribution in [0.25, 0.3) is 0 Å². The third-order valence-electron chi connectivity index (χ3n) is 2.18. The van der Waals surface area contributed by atoms with E-state index in [1.54, 1.807) is 0 Å². The second kappa shape index (κ2) is 11.9. The van der Waals surface area contributed by atoms with Gasteiger partial charge in [0.25, 0.3) is 0 Å². The van der Waals surface area contributed by atoms with Crippen LogP contribution in [0.3, 0.4) is 0 Å². The molecule has 3 unspecified atom stereocenters. The van der Waals surface area contributed by atoms with Crippen LogP contribution in [-0.4, -0.2) is 61.6 Å². The van der Waals surface area contributed by atoms with E-state index < -0.39 is 6.10 Å². The summed E-state index contributed by atoms with van der Waals surface area (Å²) in [6.45, 7) is 9.01. The molecular weight excluding hydrogens is 236 g/mol. The molecule has 3 atom stereocenters. The summed E-state index contributed by atoms with van der Waals surface area (Å²) < 4.78 is 15.1. The molecule has 2 saturated heterocycles. The molecule has 18 heavy (non-hydrogen) atoms. The second-order valence-corrected chi connectivity index (χ2v) is 4.48. The van der Waals surface area contributed by atoms with Crippen molar-refractivity contribution in [3.63, 3.8) is 0 Å². The van der Waals surface area contributed by atoms with Crippen LogP contribution in [0.1, 0.15) is 33.6 Å². The normalized spacial score (nSPS) is 25.2. The first-order valence-corrected chi connectivity index (χ1v) is 6.73. The minimum absolute atomic E-state index is 0.139. The van der Waals surface area contributed by atoms with Gasteiger partial charge in [0, 0.05) is 0 Å². The molecule has 2 N–H and O–H groups in total. The third kappa shape index (κ3) is 15.8. The predicted octanol–water partition coefficient (Wildman–Crippen LogP) is 0.966. The molecule has 0 bridgehead atoms. The van der Waals surface area contributed by atoms with Gasteiger partial charge in [-0.15, -0.1) is 0 Å². The van der Waals surface area contributed by atoms with Crippen molar-refractivity contribution in [1.82, 2.24) is 0 Å². The van der Waals surface area contributed by atoms with Crippen molar-refractivity contribution in [2.75, 3.05) is 33.0 Å². The second-order valence-electron chi connectivity index (χ2n) is 4.48. The van der Waals surface area contributed by atoms with Gasteiger partial charge in [0.15, 0.2) is 0 Å². The zero-order valence-electron chi connectivity index (χ0n) is 11.8. The maximum atomic E-state index is 8.11. The van der Waals surface area contributed by atoms with E-state index >= 15 is 0 Å². The highest BCUT2D eigenvalue weighted by Crippen LogP contribution is 2.12.